The van der Waals surface area contributed by atoms with Crippen molar-refractivity contribution in [2.24, 2.45) is 7.05 Å². The third kappa shape index (κ3) is 7.91. The molecule has 1 saturated carbocycles. The van der Waals surface area contributed by atoms with Crippen molar-refractivity contribution in [1.82, 2.24) is 29.1 Å². The number of methoxy groups -OCH3 is 2. The summed E-state index contributed by atoms with van der Waals surface area (Å²) in [5.74, 6) is 1.40. The number of piperazine rings is 2. The zero-order valence-corrected chi connectivity index (χ0v) is 37.0. The van der Waals surface area contributed by atoms with Crippen molar-refractivity contribution in [3.63, 3.8) is 0 Å². The number of aromatic nitrogens is 1. The van der Waals surface area contributed by atoms with Crippen LogP contribution in [-0.4, -0.2) is 132 Å². The summed E-state index contributed by atoms with van der Waals surface area (Å²) in [5.41, 5.74) is 8.54. The van der Waals surface area contributed by atoms with Gasteiger partial charge in [0.25, 0.3) is 11.5 Å². The summed E-state index contributed by atoms with van der Waals surface area (Å²) in [5, 5.41) is 10.3. The maximum absolute atomic E-state index is 14.1. The van der Waals surface area contributed by atoms with E-state index in [9.17, 15) is 14.9 Å². The summed E-state index contributed by atoms with van der Waals surface area (Å²) >= 11 is 0. The molecule has 12 nitrogen and oxygen atoms in total. The van der Waals surface area contributed by atoms with Crippen LogP contribution in [0.4, 0.5) is 0 Å². The second-order valence-corrected chi connectivity index (χ2v) is 18.4. The van der Waals surface area contributed by atoms with Crippen LogP contribution in [0, 0.1) is 25.2 Å². The minimum absolute atomic E-state index is 0.0129. The van der Waals surface area contributed by atoms with Crippen molar-refractivity contribution >= 4 is 5.91 Å². The molecule has 4 fully saturated rings. The highest BCUT2D eigenvalue weighted by molar-refractivity contribution is 5.98. The molecule has 0 bridgehead atoms. The Morgan fingerprint density at radius 1 is 0.983 bits per heavy atom. The molecule has 0 N–H and O–H groups in total. The van der Waals surface area contributed by atoms with Gasteiger partial charge in [-0.3, -0.25) is 29.2 Å². The SMILES string of the molecule is COc1cc(-c2cn(C)c(=O)c(C)c2C)cc(OC)c1CN1CCN(Cc2cccc3c2CCN(C(=O)/C(C#N)=C/C(C)(C)N2CCN(C4COC4)CC2)C3C)C2(CC2)C1. The number of carbonyl (C=O) groups is 1. The highest BCUT2D eigenvalue weighted by Crippen LogP contribution is 2.47. The third-order valence-corrected chi connectivity index (χ3v) is 14.5. The average molecular weight is 818 g/mol. The van der Waals surface area contributed by atoms with Crippen molar-refractivity contribution in [1.29, 1.82) is 5.26 Å². The number of benzene rings is 2. The number of fused-ring (bicyclic) bond motifs is 1. The van der Waals surface area contributed by atoms with Crippen LogP contribution in [-0.2, 0) is 36.1 Å². The Kier molecular flexibility index (Phi) is 11.8. The lowest BCUT2D eigenvalue weighted by atomic mass is 9.88. The van der Waals surface area contributed by atoms with Crippen molar-refractivity contribution in [2.45, 2.75) is 90.1 Å². The molecule has 1 aromatic heterocycles. The molecule has 1 amide bonds. The fourth-order valence-electron chi connectivity index (χ4n) is 10.3. The van der Waals surface area contributed by atoms with Gasteiger partial charge >= 0.3 is 0 Å². The Labute approximate surface area is 355 Å². The summed E-state index contributed by atoms with van der Waals surface area (Å²) in [7, 11) is 5.22. The number of aryl methyl sites for hydroxylation is 1. The number of rotatable bonds is 11. The Morgan fingerprint density at radius 3 is 2.30 bits per heavy atom. The van der Waals surface area contributed by atoms with Crippen molar-refractivity contribution in [3.05, 3.63) is 91.9 Å². The van der Waals surface area contributed by atoms with E-state index in [1.165, 1.54) is 29.5 Å². The molecule has 12 heteroatoms. The Hall–Kier alpha value is -4.51. The number of carbonyl (C=O) groups excluding carboxylic acids is 1. The molecule has 60 heavy (non-hydrogen) atoms. The zero-order chi connectivity index (χ0) is 42.5. The molecule has 3 saturated heterocycles. The van der Waals surface area contributed by atoms with E-state index in [0.29, 0.717) is 12.6 Å². The number of nitriles is 1. The Morgan fingerprint density at radius 2 is 1.68 bits per heavy atom. The molecule has 2 aromatic carbocycles. The van der Waals surface area contributed by atoms with Crippen molar-refractivity contribution in [3.8, 4) is 28.7 Å². The largest absolute Gasteiger partial charge is 0.496 e. The second kappa shape index (κ2) is 16.7. The molecule has 1 aliphatic carbocycles. The summed E-state index contributed by atoms with van der Waals surface area (Å²) in [4.78, 5) is 38.8. The van der Waals surface area contributed by atoms with Gasteiger partial charge in [-0.1, -0.05) is 18.2 Å². The van der Waals surface area contributed by atoms with Gasteiger partial charge in [-0.2, -0.15) is 5.26 Å². The number of ether oxygens (including phenoxy) is 3. The van der Waals surface area contributed by atoms with Crippen LogP contribution in [0.1, 0.15) is 73.0 Å². The highest BCUT2D eigenvalue weighted by Gasteiger charge is 2.51. The lowest BCUT2D eigenvalue weighted by Crippen LogP contribution is -2.59. The third-order valence-electron chi connectivity index (χ3n) is 14.5. The maximum Gasteiger partial charge on any atom is 0.264 e. The summed E-state index contributed by atoms with van der Waals surface area (Å²) in [6.45, 7) is 20.7. The topological polar surface area (TPSA) is 107 Å². The monoisotopic (exact) mass is 817 g/mol. The minimum Gasteiger partial charge on any atom is -0.496 e. The smallest absolute Gasteiger partial charge is 0.264 e. The van der Waals surface area contributed by atoms with Gasteiger partial charge in [-0.15, -0.1) is 0 Å². The molecular weight excluding hydrogens is 755 g/mol. The van der Waals surface area contributed by atoms with Crippen LogP contribution in [0.15, 0.2) is 53.0 Å². The van der Waals surface area contributed by atoms with Gasteiger partial charge in [0.1, 0.15) is 23.1 Å². The molecule has 3 aromatic rings. The van der Waals surface area contributed by atoms with Gasteiger partial charge in [0, 0.05) is 101 Å². The molecule has 8 rings (SSSR count). The lowest BCUT2D eigenvalue weighted by molar-refractivity contribution is -0.129. The summed E-state index contributed by atoms with van der Waals surface area (Å²) < 4.78 is 19.1. The van der Waals surface area contributed by atoms with Crippen LogP contribution in [0.3, 0.4) is 0 Å². The fourth-order valence-corrected chi connectivity index (χ4v) is 10.3. The van der Waals surface area contributed by atoms with Crippen molar-refractivity contribution in [2.75, 3.05) is 79.8 Å². The van der Waals surface area contributed by atoms with Gasteiger partial charge in [-0.25, -0.2) is 0 Å². The quantitative estimate of drug-likeness (QED) is 0.189. The average Bonchev–Trinajstić information content (AvgIpc) is 4.00. The van der Waals surface area contributed by atoms with E-state index in [-0.39, 0.29) is 28.6 Å². The number of hydrogen-bond donors (Lipinski definition) is 0. The Bertz CT molecular complexity index is 2230. The predicted octanol–water partition coefficient (Wildman–Crippen LogP) is 5.23. The number of hydrogen-bond acceptors (Lipinski definition) is 10. The van der Waals surface area contributed by atoms with Crippen LogP contribution >= 0.6 is 0 Å². The van der Waals surface area contributed by atoms with Crippen molar-refractivity contribution < 1.29 is 19.0 Å². The predicted molar refractivity (Wildman–Crippen MR) is 233 cm³/mol. The molecule has 4 aliphatic heterocycles. The molecule has 1 spiro atoms. The molecule has 1 unspecified atom stereocenters. The molecule has 5 aliphatic rings. The van der Waals surface area contributed by atoms with E-state index in [1.54, 1.807) is 25.8 Å². The van der Waals surface area contributed by atoms with Gasteiger partial charge < -0.3 is 23.7 Å². The Balaban J connectivity index is 0.935. The minimum atomic E-state index is -0.414. The first kappa shape index (κ1) is 42.2. The molecular formula is C48H63N7O5. The lowest BCUT2D eigenvalue weighted by Gasteiger charge is -2.46. The number of nitrogens with zero attached hydrogens (tertiary/aromatic N) is 7. The van der Waals surface area contributed by atoms with Gasteiger partial charge in [0.15, 0.2) is 0 Å². The van der Waals surface area contributed by atoms with Crippen LogP contribution in [0.5, 0.6) is 11.5 Å². The molecule has 0 radical (unpaired) electrons. The van der Waals surface area contributed by atoms with Gasteiger partial charge in [0.2, 0.25) is 0 Å². The standard InChI is InChI=1S/C48H63N7O5/c1-32-33(2)45(56)50(6)27-41(32)36-22-43(58-7)42(44(23-36)59-8)28-51-16-19-54(48(31-51)13-14-48)26-35-10-9-11-39-34(3)55(15-12-40(35)39)46(57)37(25-49)24-47(4,5)53-20-17-52(18-21-53)38-29-60-30-38/h9-11,22-24,27,34,38H,12-21,26,28-31H2,1-8H3/b37-24+. The van der Waals surface area contributed by atoms with Crippen LogP contribution in [0.25, 0.3) is 11.1 Å². The van der Waals surface area contributed by atoms with E-state index >= 15 is 0 Å². The molecule has 1 atom stereocenters. The first-order valence-electron chi connectivity index (χ1n) is 21.8. The van der Waals surface area contributed by atoms with E-state index in [1.807, 2.05) is 31.0 Å². The molecule has 5 heterocycles. The summed E-state index contributed by atoms with van der Waals surface area (Å²) in [6.07, 6.45) is 6.91. The number of pyridine rings is 1. The van der Waals surface area contributed by atoms with E-state index in [2.05, 4.69) is 76.8 Å². The fraction of sp³-hybridized carbons (Fsp3) is 0.562. The maximum atomic E-state index is 14.1. The van der Waals surface area contributed by atoms with E-state index in [0.717, 1.165) is 118 Å². The first-order valence-corrected chi connectivity index (χ1v) is 21.8. The number of amides is 1. The first-order chi connectivity index (χ1) is 28.8. The van der Waals surface area contributed by atoms with E-state index < -0.39 is 5.54 Å². The highest BCUT2D eigenvalue weighted by atomic mass is 16.5. The second-order valence-electron chi connectivity index (χ2n) is 18.4. The zero-order valence-electron chi connectivity index (χ0n) is 37.0. The van der Waals surface area contributed by atoms with Crippen LogP contribution in [0.2, 0.25) is 0 Å². The molecule has 320 valence electrons. The van der Waals surface area contributed by atoms with Gasteiger partial charge in [-0.05, 0) is 99.9 Å². The summed E-state index contributed by atoms with van der Waals surface area (Å²) in [6, 6.07) is 13.4. The normalized spacial score (nSPS) is 21.7. The van der Waals surface area contributed by atoms with E-state index in [4.69, 9.17) is 14.2 Å². The van der Waals surface area contributed by atoms with Crippen LogP contribution < -0.4 is 15.0 Å². The van der Waals surface area contributed by atoms with Gasteiger partial charge in [0.05, 0.1) is 45.1 Å².